The molecule has 152 valence electrons. The van der Waals surface area contributed by atoms with E-state index in [9.17, 15) is 9.59 Å². The summed E-state index contributed by atoms with van der Waals surface area (Å²) >= 11 is 0. The lowest BCUT2D eigenvalue weighted by Crippen LogP contribution is -2.38. The number of carbonyl (C=O) groups excluding carboxylic acids is 2. The van der Waals surface area contributed by atoms with Crippen LogP contribution in [-0.2, 0) is 19.1 Å². The highest BCUT2D eigenvalue weighted by Gasteiger charge is 2.30. The van der Waals surface area contributed by atoms with Crippen LogP contribution in [0.15, 0.2) is 0 Å². The largest absolute Gasteiger partial charge is 0.465 e. The summed E-state index contributed by atoms with van der Waals surface area (Å²) < 4.78 is 9.85. The van der Waals surface area contributed by atoms with Crippen LogP contribution in [0, 0.1) is 10.8 Å². The van der Waals surface area contributed by atoms with Gasteiger partial charge in [0.05, 0.1) is 13.0 Å². The average Bonchev–Trinajstić information content (AvgIpc) is 2.55. The number of rotatable bonds is 9. The molecule has 2 N–H and O–H groups in total. The van der Waals surface area contributed by atoms with Gasteiger partial charge in [-0.25, -0.2) is 0 Å². The highest BCUT2D eigenvalue weighted by Crippen LogP contribution is 2.38. The molecule has 0 radical (unpaired) electrons. The summed E-state index contributed by atoms with van der Waals surface area (Å²) in [5.74, 6) is -0.872. The quantitative estimate of drug-likeness (QED) is 0.601. The molecule has 0 aliphatic rings. The first-order chi connectivity index (χ1) is 11.5. The molecule has 5 heteroatoms. The summed E-state index contributed by atoms with van der Waals surface area (Å²) in [6.45, 7) is 20.5. The molecular weight excluding hydrogens is 318 g/mol. The minimum absolute atomic E-state index is 0.134. The summed E-state index contributed by atoms with van der Waals surface area (Å²) in [6.07, 6.45) is 2.29. The summed E-state index contributed by atoms with van der Waals surface area (Å²) in [5, 5.41) is 0. The Kier molecular flexibility index (Phi) is 17.4. The van der Waals surface area contributed by atoms with Gasteiger partial charge in [-0.2, -0.15) is 0 Å². The van der Waals surface area contributed by atoms with Crippen molar-refractivity contribution in [2.45, 2.75) is 94.5 Å². The van der Waals surface area contributed by atoms with E-state index in [1.165, 1.54) is 0 Å². The van der Waals surface area contributed by atoms with E-state index < -0.39 is 12.0 Å². The molecule has 0 fully saturated rings. The van der Waals surface area contributed by atoms with Crippen LogP contribution in [0.5, 0.6) is 0 Å². The Morgan fingerprint density at radius 2 is 1.40 bits per heavy atom. The van der Waals surface area contributed by atoms with E-state index >= 15 is 0 Å². The zero-order valence-electron chi connectivity index (χ0n) is 18.3. The van der Waals surface area contributed by atoms with Crippen LogP contribution in [0.4, 0.5) is 0 Å². The number of ether oxygens (including phenoxy) is 2. The van der Waals surface area contributed by atoms with Gasteiger partial charge in [-0.1, -0.05) is 68.7 Å². The first kappa shape index (κ1) is 28.7. The molecule has 0 aromatic heterocycles. The van der Waals surface area contributed by atoms with Gasteiger partial charge in [0.2, 0.25) is 0 Å². The van der Waals surface area contributed by atoms with Crippen molar-refractivity contribution in [3.05, 3.63) is 0 Å². The first-order valence-corrected chi connectivity index (χ1v) is 9.61. The third kappa shape index (κ3) is 16.1. The Morgan fingerprint density at radius 1 is 0.920 bits per heavy atom. The average molecular weight is 362 g/mol. The molecule has 0 spiro atoms. The summed E-state index contributed by atoms with van der Waals surface area (Å²) in [4.78, 5) is 23.2. The van der Waals surface area contributed by atoms with E-state index in [0.29, 0.717) is 6.42 Å². The molecule has 0 saturated heterocycles. The fourth-order valence-corrected chi connectivity index (χ4v) is 2.42. The molecule has 0 amide bonds. The van der Waals surface area contributed by atoms with Gasteiger partial charge >= 0.3 is 11.9 Å². The molecule has 0 bridgehead atoms. The molecule has 0 saturated carbocycles. The van der Waals surface area contributed by atoms with Crippen LogP contribution < -0.4 is 5.73 Å². The van der Waals surface area contributed by atoms with Crippen molar-refractivity contribution in [3.63, 3.8) is 0 Å². The van der Waals surface area contributed by atoms with Gasteiger partial charge in [-0.15, -0.1) is 0 Å². The smallest absolute Gasteiger partial charge is 0.326 e. The van der Waals surface area contributed by atoms with Crippen molar-refractivity contribution >= 4 is 11.9 Å². The van der Waals surface area contributed by atoms with E-state index in [-0.39, 0.29) is 30.0 Å². The summed E-state index contributed by atoms with van der Waals surface area (Å²) in [5.41, 5.74) is 5.62. The number of esters is 2. The van der Waals surface area contributed by atoms with Gasteiger partial charge in [0.15, 0.2) is 0 Å². The first-order valence-electron chi connectivity index (χ1n) is 9.61. The second-order valence-electron chi connectivity index (χ2n) is 7.08. The monoisotopic (exact) mass is 361 g/mol. The van der Waals surface area contributed by atoms with Crippen LogP contribution in [0.3, 0.4) is 0 Å². The van der Waals surface area contributed by atoms with Gasteiger partial charge in [-0.05, 0) is 24.2 Å². The van der Waals surface area contributed by atoms with E-state index in [1.807, 2.05) is 27.7 Å². The van der Waals surface area contributed by atoms with Gasteiger partial charge < -0.3 is 15.2 Å². The zero-order chi connectivity index (χ0) is 20.7. The molecule has 0 heterocycles. The van der Waals surface area contributed by atoms with Gasteiger partial charge in [-0.3, -0.25) is 9.59 Å². The lowest BCUT2D eigenvalue weighted by atomic mass is 9.72. The second kappa shape index (κ2) is 15.2. The third-order valence-electron chi connectivity index (χ3n) is 3.55. The van der Waals surface area contributed by atoms with Crippen LogP contribution in [0.2, 0.25) is 0 Å². The molecule has 1 atom stereocenters. The number of hydrogen-bond donors (Lipinski definition) is 1. The van der Waals surface area contributed by atoms with Crippen molar-refractivity contribution in [1.29, 1.82) is 0 Å². The molecule has 5 nitrogen and oxygen atoms in total. The van der Waals surface area contributed by atoms with Crippen molar-refractivity contribution < 1.29 is 19.1 Å². The molecule has 1 unspecified atom stereocenters. The molecule has 25 heavy (non-hydrogen) atoms. The zero-order valence-corrected chi connectivity index (χ0v) is 18.3. The summed E-state index contributed by atoms with van der Waals surface area (Å²) in [7, 11) is 0. The Morgan fingerprint density at radius 3 is 1.80 bits per heavy atom. The number of carbonyl (C=O) groups is 2. The van der Waals surface area contributed by atoms with E-state index in [2.05, 4.69) is 34.6 Å². The minimum Gasteiger partial charge on any atom is -0.465 e. The van der Waals surface area contributed by atoms with Gasteiger partial charge in [0.25, 0.3) is 0 Å². The third-order valence-corrected chi connectivity index (χ3v) is 3.55. The predicted molar refractivity (Wildman–Crippen MR) is 105 cm³/mol. The van der Waals surface area contributed by atoms with Crippen molar-refractivity contribution in [2.75, 3.05) is 13.2 Å². The lowest BCUT2D eigenvalue weighted by Gasteiger charge is -2.33. The highest BCUT2D eigenvalue weighted by molar-refractivity contribution is 5.76. The second-order valence-corrected chi connectivity index (χ2v) is 7.08. The normalized spacial score (nSPS) is 12.0. The maximum atomic E-state index is 11.9. The molecule has 0 aromatic rings. The molecular formula is C20H43NO4. The van der Waals surface area contributed by atoms with Crippen LogP contribution in [-0.4, -0.2) is 31.2 Å². The van der Waals surface area contributed by atoms with Crippen LogP contribution in [0.25, 0.3) is 0 Å². The molecule has 0 aromatic carbocycles. The summed E-state index contributed by atoms with van der Waals surface area (Å²) in [6, 6.07) is -0.913. The highest BCUT2D eigenvalue weighted by atomic mass is 16.5. The maximum absolute atomic E-state index is 11.9. The van der Waals surface area contributed by atoms with Crippen LogP contribution in [0.1, 0.15) is 88.5 Å². The van der Waals surface area contributed by atoms with Crippen molar-refractivity contribution in [3.8, 4) is 0 Å². The van der Waals surface area contributed by atoms with E-state index in [1.54, 1.807) is 6.92 Å². The molecule has 0 rings (SSSR count). The number of hydrogen-bond acceptors (Lipinski definition) is 5. The fourth-order valence-electron chi connectivity index (χ4n) is 2.42. The fraction of sp³-hybridized carbons (Fsp3) is 0.900. The van der Waals surface area contributed by atoms with E-state index in [4.69, 9.17) is 15.2 Å². The Balaban J connectivity index is -0.00000112. The Bertz CT molecular complexity index is 352. The predicted octanol–water partition coefficient (Wildman–Crippen LogP) is 4.72. The van der Waals surface area contributed by atoms with Crippen molar-refractivity contribution in [1.82, 2.24) is 0 Å². The lowest BCUT2D eigenvalue weighted by molar-refractivity contribution is -0.152. The van der Waals surface area contributed by atoms with Crippen LogP contribution >= 0.6 is 0 Å². The van der Waals surface area contributed by atoms with Crippen molar-refractivity contribution in [2.24, 2.45) is 16.6 Å². The number of nitrogens with two attached hydrogens (primary N) is 1. The van der Waals surface area contributed by atoms with Gasteiger partial charge in [0, 0.05) is 0 Å². The molecule has 0 aliphatic carbocycles. The maximum Gasteiger partial charge on any atom is 0.326 e. The van der Waals surface area contributed by atoms with Gasteiger partial charge in [0.1, 0.15) is 12.6 Å². The SMILES string of the molecule is CC.CC.CCOC(=O)C(N)COC(=O)CC(C)(C)CC(C)(C)CC. The standard InChI is InChI=1S/C16H31NO4.2C2H6/c1-7-15(3,4)11-16(5,6)9-13(18)21-10-12(17)14(19)20-8-2;2*1-2/h12H,7-11,17H2,1-6H3;2*1-2H3. The topological polar surface area (TPSA) is 78.6 Å². The molecule has 0 aliphatic heterocycles. The Labute approximate surface area is 156 Å². The Hall–Kier alpha value is -1.10. The van der Waals surface area contributed by atoms with E-state index in [0.717, 1.165) is 12.8 Å². The minimum atomic E-state index is -0.913.